The fourth-order valence-electron chi connectivity index (χ4n) is 6.77. The van der Waals surface area contributed by atoms with Crippen molar-refractivity contribution in [2.24, 2.45) is 11.8 Å². The van der Waals surface area contributed by atoms with Crippen LogP contribution in [0.15, 0.2) is 40.9 Å². The number of aldehydes is 1. The Morgan fingerprint density at radius 3 is 2.58 bits per heavy atom. The van der Waals surface area contributed by atoms with Gasteiger partial charge < -0.3 is 9.26 Å². The van der Waals surface area contributed by atoms with Gasteiger partial charge in [0.1, 0.15) is 17.7 Å². The van der Waals surface area contributed by atoms with Crippen LogP contribution in [-0.2, 0) is 24.4 Å². The second-order valence-corrected chi connectivity index (χ2v) is 12.2. The van der Waals surface area contributed by atoms with Crippen molar-refractivity contribution >= 4 is 29.5 Å². The fraction of sp³-hybridized carbons (Fsp3) is 0.484. The molecule has 2 fully saturated rings. The van der Waals surface area contributed by atoms with Crippen LogP contribution in [0, 0.1) is 11.8 Å². The highest BCUT2D eigenvalue weighted by molar-refractivity contribution is 6.39. The highest BCUT2D eigenvalue weighted by atomic mass is 35.5. The molecule has 3 aromatic rings. The van der Waals surface area contributed by atoms with Crippen LogP contribution >= 0.6 is 23.2 Å². The molecule has 0 N–H and O–H groups in total. The van der Waals surface area contributed by atoms with Crippen LogP contribution in [-0.4, -0.2) is 28.5 Å². The first-order valence-electron chi connectivity index (χ1n) is 13.8. The van der Waals surface area contributed by atoms with Gasteiger partial charge in [-0.3, -0.25) is 9.69 Å². The van der Waals surface area contributed by atoms with E-state index in [1.54, 1.807) is 0 Å². The first-order valence-corrected chi connectivity index (χ1v) is 14.6. The molecule has 0 bridgehead atoms. The molecule has 2 heterocycles. The Balaban J connectivity index is 1.18. The van der Waals surface area contributed by atoms with E-state index >= 15 is 0 Å². The van der Waals surface area contributed by atoms with E-state index < -0.39 is 0 Å². The molecule has 5 nitrogen and oxygen atoms in total. The Morgan fingerprint density at radius 2 is 1.87 bits per heavy atom. The van der Waals surface area contributed by atoms with Crippen molar-refractivity contribution in [3.05, 3.63) is 74.5 Å². The van der Waals surface area contributed by atoms with Gasteiger partial charge in [-0.1, -0.05) is 66.8 Å². The molecular formula is C31H34Cl2N2O3. The Labute approximate surface area is 234 Å². The summed E-state index contributed by atoms with van der Waals surface area (Å²) in [5.74, 6) is 2.38. The molecule has 2 saturated carbocycles. The van der Waals surface area contributed by atoms with E-state index in [1.165, 1.54) is 11.1 Å². The van der Waals surface area contributed by atoms with Crippen LogP contribution in [0.1, 0.15) is 84.7 Å². The highest BCUT2D eigenvalue weighted by Crippen LogP contribution is 2.47. The van der Waals surface area contributed by atoms with E-state index in [2.05, 4.69) is 36.0 Å². The standard InChI is InChI=1S/C31H34Cl2N2O3/c1-3-20-13-24(11-18(2)30(20)35-14-22-8-7-19(16-36)12-23(22)15-35)37-17-25-29(34-38-31(25)21-9-10-21)28-26(32)5-4-6-27(28)33/h4-8,12,16,18,20-21,24,30H,3,9-11,13-15,17H2,1-2H3. The lowest BCUT2D eigenvalue weighted by molar-refractivity contribution is -0.0517. The zero-order chi connectivity index (χ0) is 26.4. The quantitative estimate of drug-likeness (QED) is 0.264. The minimum absolute atomic E-state index is 0.175. The number of hydrogen-bond acceptors (Lipinski definition) is 5. The second kappa shape index (κ2) is 10.8. The van der Waals surface area contributed by atoms with Crippen molar-refractivity contribution < 1.29 is 14.1 Å². The monoisotopic (exact) mass is 552 g/mol. The normalized spacial score (nSPS) is 25.5. The van der Waals surface area contributed by atoms with Gasteiger partial charge in [0.05, 0.1) is 22.8 Å². The molecule has 38 heavy (non-hydrogen) atoms. The van der Waals surface area contributed by atoms with Gasteiger partial charge in [-0.15, -0.1) is 0 Å². The van der Waals surface area contributed by atoms with Gasteiger partial charge in [0.25, 0.3) is 0 Å². The summed E-state index contributed by atoms with van der Waals surface area (Å²) in [6, 6.07) is 12.1. The SMILES string of the molecule is CCC1CC(OCc2c(-c3c(Cl)cccc3Cl)noc2C2CC2)CC(C)C1N1Cc2ccc(C=O)cc2C1. The third kappa shape index (κ3) is 4.95. The molecule has 3 aliphatic rings. The second-order valence-electron chi connectivity index (χ2n) is 11.3. The van der Waals surface area contributed by atoms with Crippen molar-refractivity contribution in [2.75, 3.05) is 0 Å². The molecule has 1 aliphatic heterocycles. The third-order valence-electron chi connectivity index (χ3n) is 8.76. The summed E-state index contributed by atoms with van der Waals surface area (Å²) >= 11 is 13.1. The van der Waals surface area contributed by atoms with Crippen LogP contribution in [0.2, 0.25) is 10.0 Å². The van der Waals surface area contributed by atoms with Crippen molar-refractivity contribution in [3.63, 3.8) is 0 Å². The highest BCUT2D eigenvalue weighted by Gasteiger charge is 2.41. The Morgan fingerprint density at radius 1 is 1.11 bits per heavy atom. The van der Waals surface area contributed by atoms with Gasteiger partial charge in [0.2, 0.25) is 0 Å². The molecular weight excluding hydrogens is 519 g/mol. The van der Waals surface area contributed by atoms with Crippen molar-refractivity contribution in [3.8, 4) is 11.3 Å². The van der Waals surface area contributed by atoms with Gasteiger partial charge in [-0.2, -0.15) is 0 Å². The van der Waals surface area contributed by atoms with Gasteiger partial charge in [0.15, 0.2) is 0 Å². The Kier molecular flexibility index (Phi) is 7.38. The maximum absolute atomic E-state index is 11.3. The van der Waals surface area contributed by atoms with Crippen LogP contribution in [0.25, 0.3) is 11.3 Å². The lowest BCUT2D eigenvalue weighted by Crippen LogP contribution is -2.48. The number of nitrogens with zero attached hydrogens (tertiary/aromatic N) is 2. The van der Waals surface area contributed by atoms with Crippen LogP contribution < -0.4 is 0 Å². The van der Waals surface area contributed by atoms with Gasteiger partial charge in [-0.25, -0.2) is 0 Å². The molecule has 200 valence electrons. The number of aromatic nitrogens is 1. The summed E-state index contributed by atoms with van der Waals surface area (Å²) in [6.07, 6.45) is 6.51. The Bertz CT molecular complexity index is 1310. The predicted octanol–water partition coefficient (Wildman–Crippen LogP) is 8.06. The van der Waals surface area contributed by atoms with Gasteiger partial charge >= 0.3 is 0 Å². The summed E-state index contributed by atoms with van der Waals surface area (Å²) in [6.45, 7) is 6.99. The summed E-state index contributed by atoms with van der Waals surface area (Å²) in [7, 11) is 0. The topological polar surface area (TPSA) is 55.6 Å². The van der Waals surface area contributed by atoms with Crippen molar-refractivity contribution in [1.82, 2.24) is 10.1 Å². The molecule has 0 saturated heterocycles. The maximum Gasteiger partial charge on any atom is 0.150 e. The minimum atomic E-state index is 0.175. The molecule has 4 atom stereocenters. The zero-order valence-corrected chi connectivity index (χ0v) is 23.5. The van der Waals surface area contributed by atoms with E-state index in [1.807, 2.05) is 24.3 Å². The number of carbonyl (C=O) groups excluding carboxylic acids is 1. The van der Waals surface area contributed by atoms with Crippen LogP contribution in [0.3, 0.4) is 0 Å². The maximum atomic E-state index is 11.3. The van der Waals surface area contributed by atoms with E-state index in [9.17, 15) is 4.79 Å². The lowest BCUT2D eigenvalue weighted by atomic mass is 9.74. The first kappa shape index (κ1) is 26.1. The number of benzene rings is 2. The Hall–Kier alpha value is -2.18. The number of carbonyl (C=O) groups is 1. The molecule has 0 spiro atoms. The molecule has 1 aromatic heterocycles. The summed E-state index contributed by atoms with van der Waals surface area (Å²) < 4.78 is 12.5. The largest absolute Gasteiger partial charge is 0.373 e. The molecule has 7 heteroatoms. The first-order chi connectivity index (χ1) is 18.5. The number of fused-ring (bicyclic) bond motifs is 1. The number of halogens is 2. The third-order valence-corrected chi connectivity index (χ3v) is 9.39. The summed E-state index contributed by atoms with van der Waals surface area (Å²) in [5.41, 5.74) is 5.83. The van der Waals surface area contributed by atoms with Crippen molar-refractivity contribution in [2.45, 2.75) is 83.7 Å². The molecule has 2 aliphatic carbocycles. The summed E-state index contributed by atoms with van der Waals surface area (Å²) in [5, 5.41) is 5.56. The lowest BCUT2D eigenvalue weighted by Gasteiger charge is -2.45. The number of ether oxygens (including phenoxy) is 1. The fourth-order valence-corrected chi connectivity index (χ4v) is 7.35. The van der Waals surface area contributed by atoms with Gasteiger partial charge in [-0.05, 0) is 66.8 Å². The number of hydrogen-bond donors (Lipinski definition) is 0. The molecule has 4 unspecified atom stereocenters. The van der Waals surface area contributed by atoms with E-state index in [-0.39, 0.29) is 6.10 Å². The zero-order valence-electron chi connectivity index (χ0n) is 22.0. The van der Waals surface area contributed by atoms with E-state index in [0.29, 0.717) is 46.1 Å². The predicted molar refractivity (Wildman–Crippen MR) is 150 cm³/mol. The van der Waals surface area contributed by atoms with Gasteiger partial charge in [0, 0.05) is 41.7 Å². The van der Waals surface area contributed by atoms with E-state index in [0.717, 1.165) is 73.9 Å². The molecule has 0 radical (unpaired) electrons. The average Bonchev–Trinajstić information content (AvgIpc) is 3.54. The summed E-state index contributed by atoms with van der Waals surface area (Å²) in [4.78, 5) is 13.9. The average molecular weight is 554 g/mol. The van der Waals surface area contributed by atoms with Crippen LogP contribution in [0.4, 0.5) is 0 Å². The van der Waals surface area contributed by atoms with E-state index in [4.69, 9.17) is 32.5 Å². The van der Waals surface area contributed by atoms with Crippen LogP contribution in [0.5, 0.6) is 0 Å². The van der Waals surface area contributed by atoms with Crippen molar-refractivity contribution in [1.29, 1.82) is 0 Å². The molecule has 0 amide bonds. The number of rotatable bonds is 8. The molecule has 2 aromatic carbocycles. The smallest absolute Gasteiger partial charge is 0.150 e. The molecule has 6 rings (SSSR count). The minimum Gasteiger partial charge on any atom is -0.373 e.